The molecule has 0 atom stereocenters. The first-order valence-corrected chi connectivity index (χ1v) is 9.79. The summed E-state index contributed by atoms with van der Waals surface area (Å²) in [5.41, 5.74) is -1.27. The average molecular weight is 480 g/mol. The van der Waals surface area contributed by atoms with Gasteiger partial charge < -0.3 is 10.1 Å². The molecule has 0 fully saturated rings. The average Bonchev–Trinajstić information content (AvgIpc) is 3.16. The van der Waals surface area contributed by atoms with Gasteiger partial charge in [0.25, 0.3) is 17.3 Å². The fourth-order valence-corrected chi connectivity index (χ4v) is 3.96. The minimum absolute atomic E-state index is 0.0291. The highest BCUT2D eigenvalue weighted by molar-refractivity contribution is 7.15. The topological polar surface area (TPSA) is 142 Å². The minimum Gasteiger partial charge on any atom is -0.465 e. The normalized spacial score (nSPS) is 10.5. The van der Waals surface area contributed by atoms with Gasteiger partial charge in [-0.3, -0.25) is 25.0 Å². The number of methoxy groups -OCH3 is 1. The maximum absolute atomic E-state index is 13.2. The first kappa shape index (κ1) is 22.8. The Labute approximate surface area is 187 Å². The number of benzene rings is 2. The maximum atomic E-state index is 13.2. The van der Waals surface area contributed by atoms with Crippen molar-refractivity contribution in [3.05, 3.63) is 84.0 Å². The van der Waals surface area contributed by atoms with Gasteiger partial charge in [-0.2, -0.15) is 0 Å². The second kappa shape index (κ2) is 9.08. The number of ether oxygens (including phenoxy) is 1. The van der Waals surface area contributed by atoms with Crippen LogP contribution in [0.25, 0.3) is 11.1 Å². The number of halogens is 2. The fraction of sp³-hybridized carbons (Fsp3) is 0.0526. The number of hydrogen-bond acceptors (Lipinski definition) is 8. The molecule has 0 radical (unpaired) electrons. The number of thiophene rings is 1. The lowest BCUT2D eigenvalue weighted by atomic mass is 10.0. The summed E-state index contributed by atoms with van der Waals surface area (Å²) in [5.74, 6) is -2.23. The predicted molar refractivity (Wildman–Crippen MR) is 114 cm³/mol. The van der Waals surface area contributed by atoms with Crippen molar-refractivity contribution < 1.29 is 28.6 Å². The van der Waals surface area contributed by atoms with E-state index in [0.29, 0.717) is 11.1 Å². The zero-order valence-corrected chi connectivity index (χ0v) is 17.5. The van der Waals surface area contributed by atoms with Gasteiger partial charge in [-0.25, -0.2) is 9.18 Å². The Morgan fingerprint density at radius 3 is 2.16 bits per heavy atom. The molecule has 1 N–H and O–H groups in total. The van der Waals surface area contributed by atoms with Crippen LogP contribution in [0.15, 0.2) is 41.8 Å². The monoisotopic (exact) mass is 479 g/mol. The molecule has 0 aliphatic rings. The van der Waals surface area contributed by atoms with Crippen LogP contribution in [0.1, 0.15) is 20.7 Å². The Hall–Kier alpha value is -3.90. The lowest BCUT2D eigenvalue weighted by Crippen LogP contribution is -2.15. The van der Waals surface area contributed by atoms with Crippen LogP contribution in [0.4, 0.5) is 20.8 Å². The second-order valence-electron chi connectivity index (χ2n) is 6.15. The highest BCUT2D eigenvalue weighted by Crippen LogP contribution is 2.38. The van der Waals surface area contributed by atoms with E-state index in [1.807, 2.05) is 0 Å². The van der Waals surface area contributed by atoms with E-state index in [4.69, 9.17) is 16.3 Å². The summed E-state index contributed by atoms with van der Waals surface area (Å²) in [4.78, 5) is 45.5. The molecular weight excluding hydrogens is 469 g/mol. The molecule has 164 valence electrons. The van der Waals surface area contributed by atoms with Gasteiger partial charge in [-0.15, -0.1) is 11.3 Å². The number of nitrogens with zero attached hydrogens (tertiary/aromatic N) is 2. The number of amides is 1. The number of carbonyl (C=O) groups is 2. The molecule has 0 saturated carbocycles. The van der Waals surface area contributed by atoms with Crippen molar-refractivity contribution in [3.63, 3.8) is 0 Å². The smallest absolute Gasteiger partial charge is 0.341 e. The van der Waals surface area contributed by atoms with Gasteiger partial charge in [0.1, 0.15) is 16.4 Å². The summed E-state index contributed by atoms with van der Waals surface area (Å²) in [7, 11) is 1.13. The van der Waals surface area contributed by atoms with Crippen LogP contribution in [-0.4, -0.2) is 28.8 Å². The van der Waals surface area contributed by atoms with Crippen molar-refractivity contribution in [3.8, 4) is 11.1 Å². The third-order valence-corrected chi connectivity index (χ3v) is 5.54. The SMILES string of the molecule is COC(=O)c1c(-c2ccc(F)cc2)csc1NC(=O)c1cc([N+](=O)[O-])c(Cl)c([N+](=O)[O-])c1. The van der Waals surface area contributed by atoms with Gasteiger partial charge in [0.05, 0.1) is 22.5 Å². The summed E-state index contributed by atoms with van der Waals surface area (Å²) >= 11 is 6.65. The first-order valence-electron chi connectivity index (χ1n) is 8.53. The van der Waals surface area contributed by atoms with E-state index in [2.05, 4.69) is 5.32 Å². The van der Waals surface area contributed by atoms with E-state index in [9.17, 15) is 34.2 Å². The molecule has 2 aromatic carbocycles. The summed E-state index contributed by atoms with van der Waals surface area (Å²) in [5, 5.41) is 25.6. The number of nitrogens with one attached hydrogen (secondary N) is 1. The van der Waals surface area contributed by atoms with Crippen molar-refractivity contribution in [2.75, 3.05) is 12.4 Å². The Kier molecular flexibility index (Phi) is 6.46. The molecule has 0 aliphatic heterocycles. The lowest BCUT2D eigenvalue weighted by molar-refractivity contribution is -0.393. The Morgan fingerprint density at radius 2 is 1.66 bits per heavy atom. The van der Waals surface area contributed by atoms with E-state index in [-0.39, 0.29) is 10.6 Å². The third-order valence-electron chi connectivity index (χ3n) is 4.25. The molecule has 0 aliphatic carbocycles. The minimum atomic E-state index is -0.955. The van der Waals surface area contributed by atoms with Gasteiger partial charge in [0.2, 0.25) is 0 Å². The number of carbonyl (C=O) groups excluding carboxylic acids is 2. The van der Waals surface area contributed by atoms with Crippen molar-refractivity contribution in [1.29, 1.82) is 0 Å². The van der Waals surface area contributed by atoms with Gasteiger partial charge in [-0.1, -0.05) is 23.7 Å². The van der Waals surface area contributed by atoms with E-state index < -0.39 is 49.5 Å². The van der Waals surface area contributed by atoms with Crippen LogP contribution in [0.3, 0.4) is 0 Å². The van der Waals surface area contributed by atoms with Crippen LogP contribution < -0.4 is 5.32 Å². The first-order chi connectivity index (χ1) is 15.1. The lowest BCUT2D eigenvalue weighted by Gasteiger charge is -2.08. The summed E-state index contributed by atoms with van der Waals surface area (Å²) in [6, 6.07) is 6.83. The van der Waals surface area contributed by atoms with E-state index in [0.717, 1.165) is 30.6 Å². The van der Waals surface area contributed by atoms with Crippen LogP contribution in [-0.2, 0) is 4.74 Å². The van der Waals surface area contributed by atoms with Gasteiger partial charge >= 0.3 is 5.97 Å². The second-order valence-corrected chi connectivity index (χ2v) is 7.41. The number of anilines is 1. The molecule has 1 amide bonds. The molecule has 1 heterocycles. The molecule has 1 aromatic heterocycles. The van der Waals surface area contributed by atoms with Crippen LogP contribution in [0.2, 0.25) is 5.02 Å². The zero-order valence-electron chi connectivity index (χ0n) is 16.0. The molecule has 0 spiro atoms. The third kappa shape index (κ3) is 4.40. The fourth-order valence-electron chi connectivity index (χ4n) is 2.76. The molecule has 3 aromatic rings. The van der Waals surface area contributed by atoms with Gasteiger partial charge in [0.15, 0.2) is 5.02 Å². The Bertz CT molecular complexity index is 1230. The quantitative estimate of drug-likeness (QED) is 0.295. The molecule has 13 heteroatoms. The standard InChI is InChI=1S/C19H11ClFN3O7S/c1-31-19(26)15-12(9-2-4-11(21)5-3-9)8-32-18(15)22-17(25)10-6-13(23(27)28)16(20)14(7-10)24(29)30/h2-8H,1H3,(H,22,25). The number of nitro benzene ring substituents is 2. The summed E-state index contributed by atoms with van der Waals surface area (Å²) in [6.07, 6.45) is 0. The molecule has 0 unspecified atom stereocenters. The maximum Gasteiger partial charge on any atom is 0.341 e. The molecule has 3 rings (SSSR count). The Balaban J connectivity index is 2.05. The highest BCUT2D eigenvalue weighted by Gasteiger charge is 2.28. The highest BCUT2D eigenvalue weighted by atomic mass is 35.5. The van der Waals surface area contributed by atoms with Crippen molar-refractivity contribution in [2.24, 2.45) is 0 Å². The zero-order chi connectivity index (χ0) is 23.6. The molecule has 10 nitrogen and oxygen atoms in total. The van der Waals surface area contributed by atoms with E-state index >= 15 is 0 Å². The summed E-state index contributed by atoms with van der Waals surface area (Å²) < 4.78 is 18.0. The van der Waals surface area contributed by atoms with Crippen molar-refractivity contribution in [1.82, 2.24) is 0 Å². The number of esters is 1. The van der Waals surface area contributed by atoms with E-state index in [1.165, 1.54) is 29.6 Å². The summed E-state index contributed by atoms with van der Waals surface area (Å²) in [6.45, 7) is 0. The number of rotatable bonds is 6. The molecular formula is C19H11ClFN3O7S. The van der Waals surface area contributed by atoms with Crippen molar-refractivity contribution >= 4 is 51.2 Å². The van der Waals surface area contributed by atoms with Crippen LogP contribution in [0.5, 0.6) is 0 Å². The molecule has 0 bridgehead atoms. The Morgan fingerprint density at radius 1 is 1.09 bits per heavy atom. The largest absolute Gasteiger partial charge is 0.465 e. The van der Waals surface area contributed by atoms with Gasteiger partial charge in [-0.05, 0) is 17.7 Å². The van der Waals surface area contributed by atoms with Crippen molar-refractivity contribution in [2.45, 2.75) is 0 Å². The molecule has 0 saturated heterocycles. The van der Waals surface area contributed by atoms with Gasteiger partial charge in [0, 0.05) is 23.1 Å². The molecule has 32 heavy (non-hydrogen) atoms. The number of hydrogen-bond donors (Lipinski definition) is 1. The van der Waals surface area contributed by atoms with E-state index in [1.54, 1.807) is 0 Å². The van der Waals surface area contributed by atoms with Crippen LogP contribution in [0, 0.1) is 26.0 Å². The predicted octanol–water partition coefficient (Wildman–Crippen LogP) is 5.06. The van der Waals surface area contributed by atoms with Crippen LogP contribution >= 0.6 is 22.9 Å². The number of nitro groups is 2.